The minimum Gasteiger partial charge on any atom is -0.497 e. The van der Waals surface area contributed by atoms with Crippen molar-refractivity contribution in [3.8, 4) is 46.0 Å². The Hall–Kier alpha value is -13.9. The number of aliphatic imine (C=N–C) groups is 4. The molecule has 12 heteroatoms. The van der Waals surface area contributed by atoms with Gasteiger partial charge in [-0.25, -0.2) is 20.0 Å². The van der Waals surface area contributed by atoms with Gasteiger partial charge in [-0.05, 0) is 184 Å². The number of nitrogens with zero attached hydrogens (tertiary/aromatic N) is 4. The Labute approximate surface area is 684 Å². The summed E-state index contributed by atoms with van der Waals surface area (Å²) in [6, 6.07) is 114. The van der Waals surface area contributed by atoms with Crippen LogP contribution in [0.1, 0.15) is 103 Å². The maximum Gasteiger partial charge on any atom is 0.128 e. The van der Waals surface area contributed by atoms with Crippen LogP contribution in [0, 0.1) is 11.8 Å². The van der Waals surface area contributed by atoms with E-state index in [1.165, 1.54) is 0 Å². The first-order valence-electron chi connectivity index (χ1n) is 39.0. The van der Waals surface area contributed by atoms with Crippen molar-refractivity contribution in [3.63, 3.8) is 0 Å². The van der Waals surface area contributed by atoms with Gasteiger partial charge in [-0.15, -0.1) is 0 Å². The molecule has 0 aromatic heterocycles. The Morgan fingerprint density at radius 3 is 0.914 bits per heavy atom. The van der Waals surface area contributed by atoms with Crippen LogP contribution in [0.2, 0.25) is 0 Å². The van der Waals surface area contributed by atoms with Gasteiger partial charge < -0.3 is 37.9 Å². The summed E-state index contributed by atoms with van der Waals surface area (Å²) < 4.78 is 46.5. The van der Waals surface area contributed by atoms with Crippen molar-refractivity contribution in [2.75, 3.05) is 48.2 Å². The standard InChI is InChI=1S/C34H27NO2.C28H31NO2.C22H19NO2.C20H23NO2/c1-5-13-27(14-6-1)25-36-31-21-22-34(37-26-28-15-7-2-8-16-28)32(23-31)33(29-17-9-3-10-18-29)24-35-30-19-11-4-12-20-30;1-21(2)19-30-25-15-16-28(31-20-22(3)4)26(17-25)27(23-11-7-5-8-12-23)18-29-24-13-9-6-10-14-24;1-24-19-13-14-22(25-2)20(15-19)21(17-9-5-3-6-10-17)16-23-18-11-7-4-8-12-18;1-4-5-13-21-15-19(16-9-7-6-8-10-16)18-14-17(22-2)11-12-20(18)23-3/h1-23H,25-26H2;5-17,21-22H,19-20H2,1-4H3;3-15H,1-2H3;6-12,14H,4-5,13H2,1-3H3. The Balaban J connectivity index is 0.000000166. The van der Waals surface area contributed by atoms with Crippen molar-refractivity contribution in [3.05, 3.63) is 401 Å². The lowest BCUT2D eigenvalue weighted by molar-refractivity contribution is 0.263. The van der Waals surface area contributed by atoms with Crippen LogP contribution in [0.5, 0.6) is 46.0 Å². The van der Waals surface area contributed by atoms with E-state index < -0.39 is 0 Å². The van der Waals surface area contributed by atoms with Gasteiger partial charge in [-0.2, -0.15) is 0 Å². The second kappa shape index (κ2) is 46.8. The predicted molar refractivity (Wildman–Crippen MR) is 478 cm³/mol. The molecule has 0 atom stereocenters. The SMILES string of the molecule is C(=Nc1ccccc1)=C(c1ccccc1)c1cc(OCc2ccccc2)ccc1OCc1ccccc1.CC(C)COc1ccc(OCC(C)C)c(C(=C=Nc2ccccc2)c2ccccc2)c1.CCCCN=C=C(c1ccccc1)c1cc(OC)ccc1OC.COc1ccc(OC)c(C(=C=Nc2ccccc2)c2ccccc2)c1. The van der Waals surface area contributed by atoms with E-state index in [9.17, 15) is 0 Å². The lowest BCUT2D eigenvalue weighted by Gasteiger charge is -2.17. The lowest BCUT2D eigenvalue weighted by atomic mass is 9.98. The van der Waals surface area contributed by atoms with E-state index in [1.54, 1.807) is 28.4 Å². The zero-order valence-electron chi connectivity index (χ0n) is 67.6. The summed E-state index contributed by atoms with van der Waals surface area (Å²) in [5, 5.41) is 0. The molecule has 0 aliphatic carbocycles. The van der Waals surface area contributed by atoms with Crippen molar-refractivity contribution in [1.29, 1.82) is 0 Å². The Morgan fingerprint density at radius 1 is 0.284 bits per heavy atom. The molecule has 0 aliphatic heterocycles. The average Bonchev–Trinajstić information content (AvgIpc) is 0.830. The molecule has 0 spiro atoms. The second-order valence-corrected chi connectivity index (χ2v) is 27.4. The van der Waals surface area contributed by atoms with Gasteiger partial charge in [-0.3, -0.25) is 0 Å². The number of unbranched alkanes of at least 4 members (excludes halogenated alkanes) is 1. The number of ether oxygens (including phenoxy) is 8. The zero-order chi connectivity index (χ0) is 81.2. The molecule has 116 heavy (non-hydrogen) atoms. The highest BCUT2D eigenvalue weighted by Crippen LogP contribution is 2.38. The van der Waals surface area contributed by atoms with Crippen LogP contribution >= 0.6 is 0 Å². The molecule has 0 radical (unpaired) electrons. The molecule has 0 saturated carbocycles. The van der Waals surface area contributed by atoms with Crippen molar-refractivity contribution < 1.29 is 37.9 Å². The van der Waals surface area contributed by atoms with Gasteiger partial charge in [0.1, 0.15) is 59.2 Å². The molecule has 0 amide bonds. The van der Waals surface area contributed by atoms with Gasteiger partial charge in [0.2, 0.25) is 0 Å². The Kier molecular flexibility index (Phi) is 34.1. The van der Waals surface area contributed by atoms with Crippen LogP contribution in [0.3, 0.4) is 0 Å². The van der Waals surface area contributed by atoms with E-state index in [2.05, 4.69) is 139 Å². The quantitative estimate of drug-likeness (QED) is 0.0322. The monoisotopic (exact) mass is 1530 g/mol. The number of hydrogen-bond acceptors (Lipinski definition) is 12. The number of rotatable bonds is 30. The van der Waals surface area contributed by atoms with Gasteiger partial charge in [0.15, 0.2) is 0 Å². The van der Waals surface area contributed by atoms with Crippen LogP contribution in [-0.2, 0) is 13.2 Å². The fourth-order valence-corrected chi connectivity index (χ4v) is 11.6. The summed E-state index contributed by atoms with van der Waals surface area (Å²) >= 11 is 0. The predicted octanol–water partition coefficient (Wildman–Crippen LogP) is 25.2. The molecule has 0 aliphatic rings. The molecule has 0 unspecified atom stereocenters. The second-order valence-electron chi connectivity index (χ2n) is 27.4. The number of methoxy groups -OCH3 is 4. The average molecular weight is 1530 g/mol. The van der Waals surface area contributed by atoms with Crippen LogP contribution in [0.15, 0.2) is 366 Å². The molecule has 13 rings (SSSR count). The first-order chi connectivity index (χ1) is 57.0. The van der Waals surface area contributed by atoms with E-state index in [-0.39, 0.29) is 0 Å². The topological polar surface area (TPSA) is 123 Å². The fraction of sp³-hybridized carbons (Fsp3) is 0.173. The molecule has 12 nitrogen and oxygen atoms in total. The Bertz CT molecular complexity index is 5410. The molecular formula is C104H100N4O8. The van der Waals surface area contributed by atoms with Gasteiger partial charge in [0.05, 0.1) is 81.0 Å². The molecule has 0 saturated heterocycles. The first kappa shape index (κ1) is 84.5. The van der Waals surface area contributed by atoms with E-state index in [1.807, 2.05) is 285 Å². The number of hydrogen-bond donors (Lipinski definition) is 0. The molecule has 0 bridgehead atoms. The normalized spacial score (nSPS) is 10.2. The zero-order valence-corrected chi connectivity index (χ0v) is 67.6. The van der Waals surface area contributed by atoms with Crippen LogP contribution in [0.25, 0.3) is 22.3 Å². The van der Waals surface area contributed by atoms with Crippen molar-refractivity contribution in [1.82, 2.24) is 0 Å². The third-order valence-electron chi connectivity index (χ3n) is 17.7. The van der Waals surface area contributed by atoms with E-state index in [0.717, 1.165) is 160 Å². The van der Waals surface area contributed by atoms with Gasteiger partial charge in [0, 0.05) is 28.8 Å². The van der Waals surface area contributed by atoms with Gasteiger partial charge >= 0.3 is 0 Å². The molecule has 13 aromatic carbocycles. The lowest BCUT2D eigenvalue weighted by Crippen LogP contribution is -2.08. The molecular weight excluding hydrogens is 1430 g/mol. The van der Waals surface area contributed by atoms with E-state index >= 15 is 0 Å². The van der Waals surface area contributed by atoms with Gasteiger partial charge in [-0.1, -0.05) is 278 Å². The largest absolute Gasteiger partial charge is 0.497 e. The highest BCUT2D eigenvalue weighted by atomic mass is 16.5. The minimum atomic E-state index is 0.423. The third kappa shape index (κ3) is 26.9. The van der Waals surface area contributed by atoms with Crippen LogP contribution in [-0.4, -0.2) is 71.7 Å². The minimum absolute atomic E-state index is 0.423. The Morgan fingerprint density at radius 2 is 0.569 bits per heavy atom. The van der Waals surface area contributed by atoms with E-state index in [4.69, 9.17) is 37.9 Å². The summed E-state index contributed by atoms with van der Waals surface area (Å²) in [5.41, 5.74) is 15.9. The summed E-state index contributed by atoms with van der Waals surface area (Å²) in [5.74, 6) is 20.1. The smallest absolute Gasteiger partial charge is 0.128 e. The van der Waals surface area contributed by atoms with E-state index in [0.29, 0.717) is 38.3 Å². The van der Waals surface area contributed by atoms with Crippen LogP contribution in [0.4, 0.5) is 17.1 Å². The highest BCUT2D eigenvalue weighted by Gasteiger charge is 2.19. The maximum absolute atomic E-state index is 6.34. The van der Waals surface area contributed by atoms with Crippen molar-refractivity contribution in [2.45, 2.75) is 60.7 Å². The summed E-state index contributed by atoms with van der Waals surface area (Å²) in [6.07, 6.45) is 2.18. The molecule has 0 heterocycles. The van der Waals surface area contributed by atoms with Crippen molar-refractivity contribution in [2.24, 2.45) is 31.8 Å². The van der Waals surface area contributed by atoms with Gasteiger partial charge in [0.25, 0.3) is 0 Å². The maximum atomic E-state index is 6.34. The molecule has 0 fully saturated rings. The molecule has 0 N–H and O–H groups in total. The molecule has 13 aromatic rings. The fourth-order valence-electron chi connectivity index (χ4n) is 11.6. The molecule has 584 valence electrons. The summed E-state index contributed by atoms with van der Waals surface area (Å²) in [4.78, 5) is 18.2. The number of para-hydroxylation sites is 3. The van der Waals surface area contributed by atoms with Crippen molar-refractivity contribution >= 4 is 62.8 Å². The first-order valence-corrected chi connectivity index (χ1v) is 39.0. The third-order valence-corrected chi connectivity index (χ3v) is 17.7. The summed E-state index contributed by atoms with van der Waals surface area (Å²) in [6.45, 7) is 13.7. The summed E-state index contributed by atoms with van der Waals surface area (Å²) in [7, 11) is 6.63. The number of benzene rings is 13. The van der Waals surface area contributed by atoms with Crippen LogP contribution < -0.4 is 37.9 Å². The highest BCUT2D eigenvalue weighted by molar-refractivity contribution is 6.04.